The van der Waals surface area contributed by atoms with Crippen molar-refractivity contribution in [2.24, 2.45) is 0 Å². The molecule has 3 aromatic carbocycles. The smallest absolute Gasteiger partial charge is 0.266 e. The molecule has 0 N–H and O–H groups in total. The van der Waals surface area contributed by atoms with E-state index in [-0.39, 0.29) is 36.6 Å². The number of carbonyl (C=O) groups excluding carboxylic acids is 4. The summed E-state index contributed by atoms with van der Waals surface area (Å²) >= 11 is 0. The van der Waals surface area contributed by atoms with Gasteiger partial charge in [0.05, 0.1) is 36.9 Å². The fourth-order valence-electron chi connectivity index (χ4n) is 4.09. The maximum atomic E-state index is 12.9. The first-order valence-corrected chi connectivity index (χ1v) is 10.1. The molecule has 2 heterocycles. The lowest BCUT2D eigenvalue weighted by molar-refractivity contribution is -0.129. The molecule has 0 saturated carbocycles. The second kappa shape index (κ2) is 7.46. The van der Waals surface area contributed by atoms with Gasteiger partial charge in [-0.15, -0.1) is 0 Å². The average Bonchev–Trinajstić information content (AvgIpc) is 3.08. The zero-order valence-corrected chi connectivity index (χ0v) is 17.2. The van der Waals surface area contributed by atoms with Crippen LogP contribution in [-0.4, -0.2) is 35.6 Å². The third-order valence-electron chi connectivity index (χ3n) is 5.80. The molecule has 0 fully saturated rings. The fourth-order valence-corrected chi connectivity index (χ4v) is 4.09. The summed E-state index contributed by atoms with van der Waals surface area (Å²) in [6.07, 6.45) is 0.00817. The predicted molar refractivity (Wildman–Crippen MR) is 116 cm³/mol. The van der Waals surface area contributed by atoms with Crippen molar-refractivity contribution in [1.82, 2.24) is 4.90 Å². The molecule has 0 aliphatic carbocycles. The second-order valence-electron chi connectivity index (χ2n) is 7.63. The maximum absolute atomic E-state index is 12.9. The van der Waals surface area contributed by atoms with Crippen molar-refractivity contribution >= 4 is 29.3 Å². The molecule has 0 radical (unpaired) electrons. The van der Waals surface area contributed by atoms with Crippen LogP contribution in [0, 0.1) is 0 Å². The fraction of sp³-hybridized carbons (Fsp3) is 0.120. The molecule has 7 heteroatoms. The van der Waals surface area contributed by atoms with Gasteiger partial charge in [0.1, 0.15) is 5.75 Å². The number of carbonyl (C=O) groups is 4. The van der Waals surface area contributed by atoms with Gasteiger partial charge in [-0.2, -0.15) is 0 Å². The molecule has 0 aromatic heterocycles. The number of amides is 4. The molecule has 4 amide bonds. The van der Waals surface area contributed by atoms with E-state index < -0.39 is 0 Å². The van der Waals surface area contributed by atoms with Gasteiger partial charge < -0.3 is 4.74 Å². The lowest BCUT2D eigenvalue weighted by atomic mass is 9.97. The zero-order valence-electron chi connectivity index (χ0n) is 17.2. The van der Waals surface area contributed by atoms with Crippen LogP contribution >= 0.6 is 0 Å². The van der Waals surface area contributed by atoms with Crippen LogP contribution in [0.4, 0.5) is 5.69 Å². The SMILES string of the molecule is COc1ccc(C(=O)N2Cc3ccc(N4C(=O)c5ccccc5C4=O)cc3CC2=O)cc1. The van der Waals surface area contributed by atoms with Crippen LogP contribution in [0.15, 0.2) is 66.7 Å². The van der Waals surface area contributed by atoms with E-state index in [0.29, 0.717) is 33.7 Å². The molecule has 2 aliphatic heterocycles. The van der Waals surface area contributed by atoms with Crippen LogP contribution in [0.3, 0.4) is 0 Å². The van der Waals surface area contributed by atoms with E-state index in [1.165, 1.54) is 12.0 Å². The largest absolute Gasteiger partial charge is 0.497 e. The number of ether oxygens (including phenoxy) is 1. The molecular weight excluding hydrogens is 408 g/mol. The van der Waals surface area contributed by atoms with Crippen LogP contribution in [0.25, 0.3) is 0 Å². The number of imide groups is 2. The van der Waals surface area contributed by atoms with Crippen molar-refractivity contribution in [3.05, 3.63) is 94.5 Å². The Morgan fingerprint density at radius 2 is 1.50 bits per heavy atom. The normalized spacial score (nSPS) is 15.0. The second-order valence-corrected chi connectivity index (χ2v) is 7.63. The molecule has 0 spiro atoms. The summed E-state index contributed by atoms with van der Waals surface area (Å²) in [5.41, 5.74) is 3.03. The molecule has 3 aromatic rings. The van der Waals surface area contributed by atoms with Crippen LogP contribution < -0.4 is 9.64 Å². The minimum Gasteiger partial charge on any atom is -0.497 e. The topological polar surface area (TPSA) is 84.0 Å². The van der Waals surface area contributed by atoms with Crippen molar-refractivity contribution < 1.29 is 23.9 Å². The molecule has 2 aliphatic rings. The minimum atomic E-state index is -0.385. The van der Waals surface area contributed by atoms with Crippen molar-refractivity contribution in [1.29, 1.82) is 0 Å². The maximum Gasteiger partial charge on any atom is 0.266 e. The minimum absolute atomic E-state index is 0.00817. The van der Waals surface area contributed by atoms with Gasteiger partial charge in [-0.1, -0.05) is 18.2 Å². The Balaban J connectivity index is 1.41. The van der Waals surface area contributed by atoms with E-state index in [1.807, 2.05) is 0 Å². The number of rotatable bonds is 3. The first kappa shape index (κ1) is 19.7. The van der Waals surface area contributed by atoms with Crippen LogP contribution in [0.1, 0.15) is 42.2 Å². The Labute approximate surface area is 183 Å². The van der Waals surface area contributed by atoms with E-state index in [0.717, 1.165) is 10.5 Å². The molecule has 158 valence electrons. The summed E-state index contributed by atoms with van der Waals surface area (Å²) in [5, 5.41) is 0. The highest BCUT2D eigenvalue weighted by atomic mass is 16.5. The van der Waals surface area contributed by atoms with E-state index in [1.54, 1.807) is 66.7 Å². The van der Waals surface area contributed by atoms with E-state index in [4.69, 9.17) is 4.74 Å². The molecule has 0 atom stereocenters. The van der Waals surface area contributed by atoms with Gasteiger partial charge >= 0.3 is 0 Å². The van der Waals surface area contributed by atoms with Gasteiger partial charge in [-0.3, -0.25) is 24.1 Å². The molecule has 0 unspecified atom stereocenters. The van der Waals surface area contributed by atoms with Gasteiger partial charge in [0, 0.05) is 5.56 Å². The number of hydrogen-bond donors (Lipinski definition) is 0. The van der Waals surface area contributed by atoms with Crippen molar-refractivity contribution in [2.45, 2.75) is 13.0 Å². The predicted octanol–water partition coefficient (Wildman–Crippen LogP) is 3.22. The van der Waals surface area contributed by atoms with Crippen molar-refractivity contribution in [3.63, 3.8) is 0 Å². The third-order valence-corrected chi connectivity index (χ3v) is 5.80. The van der Waals surface area contributed by atoms with Gasteiger partial charge in [0.2, 0.25) is 5.91 Å². The summed E-state index contributed by atoms with van der Waals surface area (Å²) in [5.74, 6) is -0.865. The Kier molecular flexibility index (Phi) is 4.59. The Morgan fingerprint density at radius 1 is 0.844 bits per heavy atom. The van der Waals surface area contributed by atoms with Crippen LogP contribution in [0.2, 0.25) is 0 Å². The Bertz CT molecular complexity index is 1260. The highest BCUT2D eigenvalue weighted by Crippen LogP contribution is 2.32. The molecular formula is C25H18N2O5. The summed E-state index contributed by atoms with van der Waals surface area (Å²) in [7, 11) is 1.54. The standard InChI is InChI=1S/C25H18N2O5/c1-32-19-10-7-15(8-11-19)23(29)26-14-16-6-9-18(12-17(16)13-22(26)28)27-24(30)20-4-2-3-5-21(20)25(27)31/h2-12H,13-14H2,1H3. The number of nitrogens with zero attached hydrogens (tertiary/aromatic N) is 2. The quantitative estimate of drug-likeness (QED) is 0.601. The highest BCUT2D eigenvalue weighted by Gasteiger charge is 2.37. The van der Waals surface area contributed by atoms with Gasteiger partial charge in [-0.25, -0.2) is 4.90 Å². The number of fused-ring (bicyclic) bond motifs is 2. The Hall–Kier alpha value is -4.26. The molecule has 32 heavy (non-hydrogen) atoms. The van der Waals surface area contributed by atoms with Crippen molar-refractivity contribution in [3.8, 4) is 5.75 Å². The zero-order chi connectivity index (χ0) is 22.4. The molecule has 0 saturated heterocycles. The average molecular weight is 426 g/mol. The molecule has 5 rings (SSSR count). The van der Waals surface area contributed by atoms with E-state index in [9.17, 15) is 19.2 Å². The summed E-state index contributed by atoms with van der Waals surface area (Å²) in [6.45, 7) is 0.126. The van der Waals surface area contributed by atoms with Gasteiger partial charge in [-0.05, 0) is 59.7 Å². The Morgan fingerprint density at radius 3 is 2.12 bits per heavy atom. The lowest BCUT2D eigenvalue weighted by Gasteiger charge is -2.28. The number of benzene rings is 3. The molecule has 0 bridgehead atoms. The van der Waals surface area contributed by atoms with Crippen LogP contribution in [0.5, 0.6) is 5.75 Å². The summed E-state index contributed by atoms with van der Waals surface area (Å²) < 4.78 is 5.11. The highest BCUT2D eigenvalue weighted by molar-refractivity contribution is 6.34. The monoisotopic (exact) mass is 426 g/mol. The van der Waals surface area contributed by atoms with E-state index in [2.05, 4.69) is 0 Å². The summed E-state index contributed by atoms with van der Waals surface area (Å²) in [4.78, 5) is 53.5. The van der Waals surface area contributed by atoms with Gasteiger partial charge in [0.15, 0.2) is 0 Å². The summed E-state index contributed by atoms with van der Waals surface area (Å²) in [6, 6.07) is 18.4. The third kappa shape index (κ3) is 3.06. The first-order chi connectivity index (χ1) is 15.5. The van der Waals surface area contributed by atoms with Crippen LogP contribution in [-0.2, 0) is 17.8 Å². The lowest BCUT2D eigenvalue weighted by Crippen LogP contribution is -2.41. The van der Waals surface area contributed by atoms with Crippen molar-refractivity contribution in [2.75, 3.05) is 12.0 Å². The van der Waals surface area contributed by atoms with E-state index >= 15 is 0 Å². The number of hydrogen-bond acceptors (Lipinski definition) is 5. The van der Waals surface area contributed by atoms with Gasteiger partial charge in [0.25, 0.3) is 17.7 Å². The number of anilines is 1. The first-order valence-electron chi connectivity index (χ1n) is 10.1. The number of methoxy groups -OCH3 is 1. The molecule has 7 nitrogen and oxygen atoms in total.